The van der Waals surface area contributed by atoms with Gasteiger partial charge in [-0.1, -0.05) is 0 Å². The van der Waals surface area contributed by atoms with Gasteiger partial charge in [-0.15, -0.1) is 0 Å². The van der Waals surface area contributed by atoms with Gasteiger partial charge in [-0.05, 0) is 60.5 Å². The maximum Gasteiger partial charge on any atom is 0.0213 e. The number of thiophene rings is 1. The Hall–Kier alpha value is -0.380. The number of nitrogens with one attached hydrogen (secondary N) is 1. The summed E-state index contributed by atoms with van der Waals surface area (Å²) in [5, 5.41) is 7.89. The van der Waals surface area contributed by atoms with Gasteiger partial charge in [-0.3, -0.25) is 0 Å². The van der Waals surface area contributed by atoms with Crippen LogP contribution >= 0.6 is 11.3 Å². The second-order valence-electron chi connectivity index (χ2n) is 4.54. The van der Waals surface area contributed by atoms with E-state index in [1.165, 1.54) is 31.2 Å². The van der Waals surface area contributed by atoms with E-state index in [0.717, 1.165) is 19.0 Å². The van der Waals surface area contributed by atoms with Gasteiger partial charge < -0.3 is 11.1 Å². The van der Waals surface area contributed by atoms with Crippen molar-refractivity contribution in [2.24, 2.45) is 11.7 Å². The molecular formula is C12H20N2S. The maximum atomic E-state index is 5.88. The average Bonchev–Trinajstić information content (AvgIpc) is 2.74. The van der Waals surface area contributed by atoms with Crippen LogP contribution in [0.4, 0.5) is 0 Å². The number of hydrogen-bond acceptors (Lipinski definition) is 3. The van der Waals surface area contributed by atoms with E-state index < -0.39 is 0 Å². The first-order chi connectivity index (χ1) is 7.34. The van der Waals surface area contributed by atoms with Crippen molar-refractivity contribution in [3.63, 3.8) is 0 Å². The highest BCUT2D eigenvalue weighted by atomic mass is 32.1. The van der Waals surface area contributed by atoms with Crippen molar-refractivity contribution in [2.75, 3.05) is 6.54 Å². The van der Waals surface area contributed by atoms with E-state index >= 15 is 0 Å². The molecule has 3 N–H and O–H groups in total. The van der Waals surface area contributed by atoms with Crippen molar-refractivity contribution >= 4 is 11.3 Å². The van der Waals surface area contributed by atoms with Gasteiger partial charge in [0, 0.05) is 12.6 Å². The molecule has 0 radical (unpaired) electrons. The molecule has 1 fully saturated rings. The molecule has 1 aromatic heterocycles. The quantitative estimate of drug-likeness (QED) is 0.824. The molecule has 0 bridgehead atoms. The summed E-state index contributed by atoms with van der Waals surface area (Å²) in [7, 11) is 0. The Kier molecular flexibility index (Phi) is 4.18. The first-order valence-electron chi connectivity index (χ1n) is 5.82. The van der Waals surface area contributed by atoms with Crippen molar-refractivity contribution in [3.8, 4) is 0 Å². The van der Waals surface area contributed by atoms with Crippen LogP contribution in [0.2, 0.25) is 0 Å². The number of nitrogens with two attached hydrogens (primary N) is 1. The van der Waals surface area contributed by atoms with Crippen molar-refractivity contribution in [2.45, 2.75) is 38.3 Å². The predicted octanol–water partition coefficient (Wildman–Crippen LogP) is 2.36. The van der Waals surface area contributed by atoms with Gasteiger partial charge >= 0.3 is 0 Å². The van der Waals surface area contributed by atoms with Crippen LogP contribution in [0.1, 0.15) is 31.2 Å². The molecule has 84 valence electrons. The first-order valence-corrected chi connectivity index (χ1v) is 6.76. The Balaban J connectivity index is 1.62. The molecule has 0 aliphatic heterocycles. The van der Waals surface area contributed by atoms with Gasteiger partial charge in [0.25, 0.3) is 0 Å². The molecule has 1 aromatic rings. The molecule has 1 aliphatic carbocycles. The van der Waals surface area contributed by atoms with E-state index in [1.807, 2.05) is 0 Å². The van der Waals surface area contributed by atoms with E-state index in [9.17, 15) is 0 Å². The van der Waals surface area contributed by atoms with Gasteiger partial charge in [0.15, 0.2) is 0 Å². The molecule has 0 unspecified atom stereocenters. The minimum absolute atomic E-state index is 0.470. The van der Waals surface area contributed by atoms with E-state index in [4.69, 9.17) is 5.73 Å². The summed E-state index contributed by atoms with van der Waals surface area (Å²) in [6, 6.07) is 2.66. The Labute approximate surface area is 95.9 Å². The monoisotopic (exact) mass is 224 g/mol. The highest BCUT2D eigenvalue weighted by Gasteiger charge is 2.17. The second kappa shape index (κ2) is 5.64. The van der Waals surface area contributed by atoms with Gasteiger partial charge in [0.2, 0.25) is 0 Å². The molecule has 0 aromatic carbocycles. The van der Waals surface area contributed by atoms with Crippen LogP contribution in [0.15, 0.2) is 16.8 Å². The molecular weight excluding hydrogens is 204 g/mol. The fraction of sp³-hybridized carbons (Fsp3) is 0.667. The highest BCUT2D eigenvalue weighted by Crippen LogP contribution is 2.22. The molecule has 2 nitrogen and oxygen atoms in total. The highest BCUT2D eigenvalue weighted by molar-refractivity contribution is 7.07. The summed E-state index contributed by atoms with van der Waals surface area (Å²) in [6.07, 6.45) is 5.03. The van der Waals surface area contributed by atoms with E-state index in [0.29, 0.717) is 6.04 Å². The molecule has 2 rings (SSSR count). The fourth-order valence-corrected chi connectivity index (χ4v) is 2.87. The van der Waals surface area contributed by atoms with Gasteiger partial charge in [0.1, 0.15) is 0 Å². The molecule has 15 heavy (non-hydrogen) atoms. The Morgan fingerprint density at radius 3 is 2.80 bits per heavy atom. The molecule has 1 aliphatic rings. The molecule has 1 heterocycles. The third-order valence-electron chi connectivity index (χ3n) is 3.23. The van der Waals surface area contributed by atoms with E-state index in [2.05, 4.69) is 22.1 Å². The average molecular weight is 224 g/mol. The normalized spacial score (nSPS) is 26.7. The SMILES string of the molecule is NC1CCC(CNCc2ccsc2)CC1. The molecule has 1 saturated carbocycles. The Morgan fingerprint density at radius 1 is 1.33 bits per heavy atom. The zero-order valence-electron chi connectivity index (χ0n) is 9.11. The van der Waals surface area contributed by atoms with Crippen LogP contribution in [0.3, 0.4) is 0 Å². The molecule has 0 spiro atoms. The van der Waals surface area contributed by atoms with Crippen LogP contribution in [0.25, 0.3) is 0 Å². The summed E-state index contributed by atoms with van der Waals surface area (Å²) >= 11 is 1.77. The Morgan fingerprint density at radius 2 is 2.13 bits per heavy atom. The van der Waals surface area contributed by atoms with Crippen molar-refractivity contribution < 1.29 is 0 Å². The lowest BCUT2D eigenvalue weighted by Crippen LogP contribution is -2.31. The lowest BCUT2D eigenvalue weighted by Gasteiger charge is -2.26. The minimum atomic E-state index is 0.470. The molecule has 0 amide bonds. The van der Waals surface area contributed by atoms with Crippen LogP contribution < -0.4 is 11.1 Å². The zero-order chi connectivity index (χ0) is 10.5. The van der Waals surface area contributed by atoms with Gasteiger partial charge in [-0.2, -0.15) is 11.3 Å². The smallest absolute Gasteiger partial charge is 0.0213 e. The lowest BCUT2D eigenvalue weighted by molar-refractivity contribution is 0.314. The first kappa shape index (κ1) is 11.1. The van der Waals surface area contributed by atoms with Crippen LogP contribution in [-0.2, 0) is 6.54 Å². The standard InChI is InChI=1S/C12H20N2S/c13-12-3-1-10(2-4-12)7-14-8-11-5-6-15-9-11/h5-6,9-10,12,14H,1-4,7-8,13H2. The molecule has 0 saturated heterocycles. The summed E-state index contributed by atoms with van der Waals surface area (Å²) < 4.78 is 0. The maximum absolute atomic E-state index is 5.88. The van der Waals surface area contributed by atoms with E-state index in [-0.39, 0.29) is 0 Å². The fourth-order valence-electron chi connectivity index (χ4n) is 2.21. The van der Waals surface area contributed by atoms with Crippen LogP contribution in [-0.4, -0.2) is 12.6 Å². The van der Waals surface area contributed by atoms with Gasteiger partial charge in [0.05, 0.1) is 0 Å². The van der Waals surface area contributed by atoms with Crippen molar-refractivity contribution in [1.29, 1.82) is 0 Å². The lowest BCUT2D eigenvalue weighted by atomic mass is 9.86. The summed E-state index contributed by atoms with van der Waals surface area (Å²) in [5.41, 5.74) is 7.29. The van der Waals surface area contributed by atoms with Gasteiger partial charge in [-0.25, -0.2) is 0 Å². The number of rotatable bonds is 4. The zero-order valence-corrected chi connectivity index (χ0v) is 9.93. The Bertz CT molecular complexity index is 263. The van der Waals surface area contributed by atoms with Crippen LogP contribution in [0.5, 0.6) is 0 Å². The third kappa shape index (κ3) is 3.59. The van der Waals surface area contributed by atoms with Crippen molar-refractivity contribution in [3.05, 3.63) is 22.4 Å². The number of hydrogen-bond donors (Lipinski definition) is 2. The van der Waals surface area contributed by atoms with E-state index in [1.54, 1.807) is 11.3 Å². The third-order valence-corrected chi connectivity index (χ3v) is 3.97. The summed E-state index contributed by atoms with van der Waals surface area (Å²) in [5.74, 6) is 0.850. The van der Waals surface area contributed by atoms with Crippen LogP contribution in [0, 0.1) is 5.92 Å². The second-order valence-corrected chi connectivity index (χ2v) is 5.32. The van der Waals surface area contributed by atoms with Crippen molar-refractivity contribution in [1.82, 2.24) is 5.32 Å². The predicted molar refractivity (Wildman–Crippen MR) is 66.0 cm³/mol. The molecule has 3 heteroatoms. The molecule has 0 atom stereocenters. The summed E-state index contributed by atoms with van der Waals surface area (Å²) in [6.45, 7) is 2.18. The summed E-state index contributed by atoms with van der Waals surface area (Å²) in [4.78, 5) is 0. The largest absolute Gasteiger partial charge is 0.328 e. The minimum Gasteiger partial charge on any atom is -0.328 e. The topological polar surface area (TPSA) is 38.0 Å².